The Balaban J connectivity index is 1.48. The number of amides is 1. The van der Waals surface area contributed by atoms with Crippen LogP contribution in [0.25, 0.3) is 10.6 Å². The molecule has 4 rings (SSSR count). The Labute approximate surface area is 196 Å². The minimum Gasteiger partial charge on any atom is -0.468 e. The second kappa shape index (κ2) is 9.81. The molecule has 0 radical (unpaired) electrons. The standard InChI is InChI=1S/C24H24ClN3O3S/c1-16-21(32-22(26-16)17-8-4-3-5-9-17)23(29)28-14-12-27(13-15-28)20(24(30)31-2)18-10-6-7-11-19(18)25/h3-11,20H,12-15H2,1-2H3/t20-/m0/s1. The molecule has 0 unspecified atom stereocenters. The van der Waals surface area contributed by atoms with Gasteiger partial charge in [0, 0.05) is 36.8 Å². The molecule has 1 fully saturated rings. The van der Waals surface area contributed by atoms with E-state index in [4.69, 9.17) is 16.3 Å². The first-order valence-corrected chi connectivity index (χ1v) is 11.6. The zero-order chi connectivity index (χ0) is 22.7. The molecular formula is C24H24ClN3O3S. The molecule has 3 aromatic rings. The van der Waals surface area contributed by atoms with Gasteiger partial charge in [-0.25, -0.2) is 9.78 Å². The molecule has 1 saturated heterocycles. The van der Waals surface area contributed by atoms with E-state index >= 15 is 0 Å². The van der Waals surface area contributed by atoms with Crippen molar-refractivity contribution in [2.75, 3.05) is 33.3 Å². The molecule has 8 heteroatoms. The normalized spacial score (nSPS) is 15.4. The van der Waals surface area contributed by atoms with Crippen molar-refractivity contribution in [3.8, 4) is 10.6 Å². The Bertz CT molecular complexity index is 1110. The van der Waals surface area contributed by atoms with Crippen LogP contribution in [0.4, 0.5) is 0 Å². The topological polar surface area (TPSA) is 62.7 Å². The van der Waals surface area contributed by atoms with Crippen molar-refractivity contribution in [2.24, 2.45) is 0 Å². The third-order valence-electron chi connectivity index (χ3n) is 5.60. The number of carbonyl (C=O) groups is 2. The van der Waals surface area contributed by atoms with Crippen molar-refractivity contribution in [2.45, 2.75) is 13.0 Å². The lowest BCUT2D eigenvalue weighted by atomic mass is 10.0. The summed E-state index contributed by atoms with van der Waals surface area (Å²) in [5.41, 5.74) is 2.46. The first-order chi connectivity index (χ1) is 15.5. The van der Waals surface area contributed by atoms with E-state index in [0.29, 0.717) is 41.6 Å². The average molecular weight is 470 g/mol. The predicted molar refractivity (Wildman–Crippen MR) is 126 cm³/mol. The van der Waals surface area contributed by atoms with Crippen LogP contribution >= 0.6 is 22.9 Å². The van der Waals surface area contributed by atoms with Gasteiger partial charge in [0.2, 0.25) is 0 Å². The van der Waals surface area contributed by atoms with E-state index < -0.39 is 6.04 Å². The highest BCUT2D eigenvalue weighted by molar-refractivity contribution is 7.17. The zero-order valence-electron chi connectivity index (χ0n) is 18.0. The monoisotopic (exact) mass is 469 g/mol. The highest BCUT2D eigenvalue weighted by Crippen LogP contribution is 2.31. The van der Waals surface area contributed by atoms with Gasteiger partial charge in [-0.1, -0.05) is 60.1 Å². The van der Waals surface area contributed by atoms with E-state index in [1.54, 1.807) is 6.07 Å². The molecule has 1 aliphatic rings. The van der Waals surface area contributed by atoms with Gasteiger partial charge in [-0.15, -0.1) is 11.3 Å². The van der Waals surface area contributed by atoms with Gasteiger partial charge in [0.15, 0.2) is 0 Å². The number of halogens is 1. The Morgan fingerprint density at radius 2 is 1.69 bits per heavy atom. The number of hydrogen-bond donors (Lipinski definition) is 0. The summed E-state index contributed by atoms with van der Waals surface area (Å²) < 4.78 is 5.05. The molecular weight excluding hydrogens is 446 g/mol. The summed E-state index contributed by atoms with van der Waals surface area (Å²) in [6, 6.07) is 16.6. The highest BCUT2D eigenvalue weighted by Gasteiger charge is 2.34. The molecule has 0 N–H and O–H groups in total. The second-order valence-corrected chi connectivity index (χ2v) is 8.98. The molecule has 166 valence electrons. The number of carbonyl (C=O) groups excluding carboxylic acids is 2. The number of thiazole rings is 1. The molecule has 6 nitrogen and oxygen atoms in total. The quantitative estimate of drug-likeness (QED) is 0.517. The van der Waals surface area contributed by atoms with Crippen LogP contribution in [0.1, 0.15) is 27.0 Å². The van der Waals surface area contributed by atoms with Gasteiger partial charge in [0.1, 0.15) is 15.9 Å². The Morgan fingerprint density at radius 1 is 1.03 bits per heavy atom. The van der Waals surface area contributed by atoms with Crippen LogP contribution in [-0.4, -0.2) is 59.9 Å². The number of aryl methyl sites for hydroxylation is 1. The fourth-order valence-corrected chi connectivity index (χ4v) is 5.19. The number of hydrogen-bond acceptors (Lipinski definition) is 6. The number of aromatic nitrogens is 1. The van der Waals surface area contributed by atoms with Gasteiger partial charge in [0.25, 0.3) is 5.91 Å². The number of rotatable bonds is 5. The van der Waals surface area contributed by atoms with Crippen molar-refractivity contribution in [1.82, 2.24) is 14.8 Å². The molecule has 0 aliphatic carbocycles. The highest BCUT2D eigenvalue weighted by atomic mass is 35.5. The fourth-order valence-electron chi connectivity index (χ4n) is 3.91. The fraction of sp³-hybridized carbons (Fsp3) is 0.292. The van der Waals surface area contributed by atoms with E-state index in [-0.39, 0.29) is 11.9 Å². The third kappa shape index (κ3) is 4.55. The maximum atomic E-state index is 13.2. The van der Waals surface area contributed by atoms with Crippen LogP contribution in [-0.2, 0) is 9.53 Å². The molecule has 1 aliphatic heterocycles. The van der Waals surface area contributed by atoms with Crippen LogP contribution in [0.15, 0.2) is 54.6 Å². The largest absolute Gasteiger partial charge is 0.468 e. The summed E-state index contributed by atoms with van der Waals surface area (Å²) >= 11 is 7.79. The lowest BCUT2D eigenvalue weighted by Crippen LogP contribution is -2.51. The SMILES string of the molecule is COC(=O)[C@H](c1ccccc1Cl)N1CCN(C(=O)c2sc(-c3ccccc3)nc2C)CC1. The van der Waals surface area contributed by atoms with Gasteiger partial charge < -0.3 is 9.64 Å². The Hall–Kier alpha value is -2.74. The molecule has 1 aromatic heterocycles. The van der Waals surface area contributed by atoms with E-state index in [2.05, 4.69) is 4.98 Å². The zero-order valence-corrected chi connectivity index (χ0v) is 19.5. The van der Waals surface area contributed by atoms with Crippen molar-refractivity contribution >= 4 is 34.8 Å². The molecule has 0 saturated carbocycles. The van der Waals surface area contributed by atoms with Crippen LogP contribution in [0.5, 0.6) is 0 Å². The van der Waals surface area contributed by atoms with Gasteiger partial charge in [-0.2, -0.15) is 0 Å². The maximum Gasteiger partial charge on any atom is 0.327 e. The average Bonchev–Trinajstić information content (AvgIpc) is 3.22. The summed E-state index contributed by atoms with van der Waals surface area (Å²) in [7, 11) is 1.38. The third-order valence-corrected chi connectivity index (χ3v) is 7.14. The van der Waals surface area contributed by atoms with Gasteiger partial charge >= 0.3 is 5.97 Å². The Morgan fingerprint density at radius 3 is 2.34 bits per heavy atom. The van der Waals surface area contributed by atoms with Gasteiger partial charge in [0.05, 0.1) is 12.8 Å². The molecule has 0 bridgehead atoms. The lowest BCUT2D eigenvalue weighted by molar-refractivity contribution is -0.148. The van der Waals surface area contributed by atoms with Crippen molar-refractivity contribution in [3.63, 3.8) is 0 Å². The number of esters is 1. The summed E-state index contributed by atoms with van der Waals surface area (Å²) in [6.45, 7) is 3.97. The summed E-state index contributed by atoms with van der Waals surface area (Å²) in [4.78, 5) is 34.9. The summed E-state index contributed by atoms with van der Waals surface area (Å²) in [5, 5.41) is 1.37. The molecule has 2 heterocycles. The first-order valence-electron chi connectivity index (χ1n) is 10.4. The molecule has 1 amide bonds. The minimum atomic E-state index is -0.597. The van der Waals surface area contributed by atoms with Crippen molar-refractivity contribution < 1.29 is 14.3 Å². The van der Waals surface area contributed by atoms with Crippen molar-refractivity contribution in [1.29, 1.82) is 0 Å². The van der Waals surface area contributed by atoms with Crippen LogP contribution in [0.2, 0.25) is 5.02 Å². The summed E-state index contributed by atoms with van der Waals surface area (Å²) in [5.74, 6) is -0.377. The predicted octanol–water partition coefficient (Wildman–Crippen LogP) is 4.44. The van der Waals surface area contributed by atoms with Crippen molar-refractivity contribution in [3.05, 3.63) is 75.8 Å². The molecule has 1 atom stereocenters. The van der Waals surface area contributed by atoms with E-state index in [9.17, 15) is 9.59 Å². The summed E-state index contributed by atoms with van der Waals surface area (Å²) in [6.07, 6.45) is 0. The van der Waals surface area contributed by atoms with Gasteiger partial charge in [-0.3, -0.25) is 9.69 Å². The van der Waals surface area contributed by atoms with E-state index in [1.807, 2.05) is 65.3 Å². The smallest absolute Gasteiger partial charge is 0.327 e. The molecule has 32 heavy (non-hydrogen) atoms. The van der Waals surface area contributed by atoms with Crippen LogP contribution in [0, 0.1) is 6.92 Å². The second-order valence-electron chi connectivity index (χ2n) is 7.57. The number of piperazine rings is 1. The van der Waals surface area contributed by atoms with E-state index in [0.717, 1.165) is 16.3 Å². The number of ether oxygens (including phenoxy) is 1. The number of nitrogens with zero attached hydrogens (tertiary/aromatic N) is 3. The Kier molecular flexibility index (Phi) is 6.89. The number of benzene rings is 2. The molecule has 0 spiro atoms. The maximum absolute atomic E-state index is 13.2. The lowest BCUT2D eigenvalue weighted by Gasteiger charge is -2.38. The number of methoxy groups -OCH3 is 1. The van der Waals surface area contributed by atoms with Crippen LogP contribution in [0.3, 0.4) is 0 Å². The van der Waals surface area contributed by atoms with E-state index in [1.165, 1.54) is 18.4 Å². The minimum absolute atomic E-state index is 0.0193. The molecule has 2 aromatic carbocycles. The van der Waals surface area contributed by atoms with Crippen LogP contribution < -0.4 is 0 Å². The van der Waals surface area contributed by atoms with Gasteiger partial charge in [-0.05, 0) is 18.6 Å². The first kappa shape index (κ1) is 22.5.